The van der Waals surface area contributed by atoms with E-state index in [1.165, 1.54) is 12.1 Å². The molecular formula is C22H20FNO2. The van der Waals surface area contributed by atoms with Crippen LogP contribution >= 0.6 is 0 Å². The quantitative estimate of drug-likeness (QED) is 0.653. The SMILES string of the molecule is O=C(CCc1ccc(OCc2ccccc2)cc1)Nc1cccc(F)c1. The predicted octanol–water partition coefficient (Wildman–Crippen LogP) is 4.98. The van der Waals surface area contributed by atoms with Crippen LogP contribution < -0.4 is 10.1 Å². The van der Waals surface area contributed by atoms with Gasteiger partial charge in [0.15, 0.2) is 0 Å². The summed E-state index contributed by atoms with van der Waals surface area (Å²) in [4.78, 5) is 12.0. The molecule has 132 valence electrons. The van der Waals surface area contributed by atoms with Gasteiger partial charge in [0, 0.05) is 12.1 Å². The van der Waals surface area contributed by atoms with Crippen molar-refractivity contribution in [1.29, 1.82) is 0 Å². The molecule has 0 fully saturated rings. The molecule has 3 aromatic rings. The third kappa shape index (κ3) is 5.45. The number of carbonyl (C=O) groups is 1. The maximum absolute atomic E-state index is 13.1. The number of amides is 1. The first kappa shape index (κ1) is 17.7. The number of aryl methyl sites for hydroxylation is 1. The maximum Gasteiger partial charge on any atom is 0.224 e. The van der Waals surface area contributed by atoms with E-state index < -0.39 is 0 Å². The van der Waals surface area contributed by atoms with Crippen molar-refractivity contribution in [1.82, 2.24) is 0 Å². The van der Waals surface area contributed by atoms with Gasteiger partial charge < -0.3 is 10.1 Å². The van der Waals surface area contributed by atoms with Gasteiger partial charge in [-0.05, 0) is 47.9 Å². The molecule has 0 aliphatic heterocycles. The zero-order chi connectivity index (χ0) is 18.2. The highest BCUT2D eigenvalue weighted by molar-refractivity contribution is 5.90. The summed E-state index contributed by atoms with van der Waals surface area (Å²) >= 11 is 0. The maximum atomic E-state index is 13.1. The van der Waals surface area contributed by atoms with Crippen LogP contribution in [0, 0.1) is 5.82 Å². The molecule has 0 aliphatic rings. The summed E-state index contributed by atoms with van der Waals surface area (Å²) in [6.45, 7) is 0.524. The van der Waals surface area contributed by atoms with Crippen LogP contribution in [0.3, 0.4) is 0 Å². The van der Waals surface area contributed by atoms with Gasteiger partial charge in [0.2, 0.25) is 5.91 Å². The highest BCUT2D eigenvalue weighted by atomic mass is 19.1. The Labute approximate surface area is 152 Å². The van der Waals surface area contributed by atoms with Gasteiger partial charge in [-0.15, -0.1) is 0 Å². The second kappa shape index (κ2) is 8.81. The van der Waals surface area contributed by atoms with Crippen molar-refractivity contribution >= 4 is 11.6 Å². The van der Waals surface area contributed by atoms with Gasteiger partial charge in [0.25, 0.3) is 0 Å². The van der Waals surface area contributed by atoms with Crippen molar-refractivity contribution in [3.63, 3.8) is 0 Å². The lowest BCUT2D eigenvalue weighted by atomic mass is 10.1. The summed E-state index contributed by atoms with van der Waals surface area (Å²) in [7, 11) is 0. The van der Waals surface area contributed by atoms with Gasteiger partial charge in [0.1, 0.15) is 18.2 Å². The van der Waals surface area contributed by atoms with E-state index in [0.29, 0.717) is 25.1 Å². The van der Waals surface area contributed by atoms with Crippen molar-refractivity contribution in [2.24, 2.45) is 0 Å². The molecular weight excluding hydrogens is 329 g/mol. The van der Waals surface area contributed by atoms with Gasteiger partial charge in [-0.25, -0.2) is 4.39 Å². The van der Waals surface area contributed by atoms with Crippen molar-refractivity contribution < 1.29 is 13.9 Å². The van der Waals surface area contributed by atoms with Crippen molar-refractivity contribution in [2.75, 3.05) is 5.32 Å². The highest BCUT2D eigenvalue weighted by Gasteiger charge is 2.04. The molecule has 0 aromatic heterocycles. The Morgan fingerprint density at radius 2 is 1.65 bits per heavy atom. The van der Waals surface area contributed by atoms with Crippen LogP contribution in [0.5, 0.6) is 5.75 Å². The van der Waals surface area contributed by atoms with Gasteiger partial charge in [-0.2, -0.15) is 0 Å². The number of carbonyl (C=O) groups excluding carboxylic acids is 1. The van der Waals surface area contributed by atoms with Crippen molar-refractivity contribution in [2.45, 2.75) is 19.4 Å². The lowest BCUT2D eigenvalue weighted by Gasteiger charge is -2.08. The Hall–Kier alpha value is -3.14. The molecule has 1 amide bonds. The van der Waals surface area contributed by atoms with Gasteiger partial charge in [0.05, 0.1) is 0 Å². The van der Waals surface area contributed by atoms with Crippen LogP contribution in [-0.2, 0) is 17.8 Å². The molecule has 0 saturated carbocycles. The standard InChI is InChI=1S/C22H20FNO2/c23-19-7-4-8-20(15-19)24-22(25)14-11-17-9-12-21(13-10-17)26-16-18-5-2-1-3-6-18/h1-10,12-13,15H,11,14,16H2,(H,24,25). The molecule has 3 nitrogen and oxygen atoms in total. The normalized spacial score (nSPS) is 10.3. The van der Waals surface area contributed by atoms with E-state index in [0.717, 1.165) is 16.9 Å². The minimum absolute atomic E-state index is 0.139. The number of nitrogens with one attached hydrogen (secondary N) is 1. The predicted molar refractivity (Wildman–Crippen MR) is 101 cm³/mol. The zero-order valence-electron chi connectivity index (χ0n) is 14.3. The lowest BCUT2D eigenvalue weighted by Crippen LogP contribution is -2.12. The number of rotatable bonds is 7. The largest absolute Gasteiger partial charge is 0.489 e. The van der Waals surface area contributed by atoms with Gasteiger partial charge >= 0.3 is 0 Å². The second-order valence-corrected chi connectivity index (χ2v) is 5.98. The average molecular weight is 349 g/mol. The van der Waals surface area contributed by atoms with E-state index in [9.17, 15) is 9.18 Å². The van der Waals surface area contributed by atoms with E-state index in [2.05, 4.69) is 5.32 Å². The van der Waals surface area contributed by atoms with Crippen molar-refractivity contribution in [3.8, 4) is 5.75 Å². The third-order valence-corrected chi connectivity index (χ3v) is 3.92. The molecule has 0 saturated heterocycles. The highest BCUT2D eigenvalue weighted by Crippen LogP contribution is 2.16. The Morgan fingerprint density at radius 1 is 0.885 bits per heavy atom. The van der Waals surface area contributed by atoms with Gasteiger partial charge in [-0.3, -0.25) is 4.79 Å². The fraction of sp³-hybridized carbons (Fsp3) is 0.136. The first-order valence-electron chi connectivity index (χ1n) is 8.50. The molecule has 0 bridgehead atoms. The Bertz CT molecular complexity index is 848. The van der Waals surface area contributed by atoms with E-state index in [1.54, 1.807) is 12.1 Å². The average Bonchev–Trinajstić information content (AvgIpc) is 2.66. The summed E-state index contributed by atoms with van der Waals surface area (Å²) < 4.78 is 18.9. The minimum Gasteiger partial charge on any atom is -0.489 e. The fourth-order valence-electron chi connectivity index (χ4n) is 2.54. The van der Waals surface area contributed by atoms with E-state index >= 15 is 0 Å². The monoisotopic (exact) mass is 349 g/mol. The van der Waals surface area contributed by atoms with Crippen LogP contribution in [0.25, 0.3) is 0 Å². The van der Waals surface area contributed by atoms with E-state index in [1.807, 2.05) is 54.6 Å². The molecule has 0 heterocycles. The first-order chi connectivity index (χ1) is 12.7. The van der Waals surface area contributed by atoms with Crippen LogP contribution in [0.1, 0.15) is 17.5 Å². The Morgan fingerprint density at radius 3 is 2.38 bits per heavy atom. The third-order valence-electron chi connectivity index (χ3n) is 3.92. The van der Waals surface area contributed by atoms with E-state index in [-0.39, 0.29) is 11.7 Å². The number of halogens is 1. The fourth-order valence-corrected chi connectivity index (χ4v) is 2.54. The molecule has 0 spiro atoms. The zero-order valence-corrected chi connectivity index (χ0v) is 14.3. The summed E-state index contributed by atoms with van der Waals surface area (Å²) in [6.07, 6.45) is 0.945. The number of anilines is 1. The summed E-state index contributed by atoms with van der Waals surface area (Å²) in [5.74, 6) is 0.288. The van der Waals surface area contributed by atoms with E-state index in [4.69, 9.17) is 4.74 Å². The number of hydrogen-bond donors (Lipinski definition) is 1. The minimum atomic E-state index is -0.367. The molecule has 0 unspecified atom stereocenters. The van der Waals surface area contributed by atoms with Gasteiger partial charge in [-0.1, -0.05) is 48.5 Å². The molecule has 4 heteroatoms. The lowest BCUT2D eigenvalue weighted by molar-refractivity contribution is -0.116. The summed E-state index contributed by atoms with van der Waals surface area (Å²) in [6, 6.07) is 23.6. The van der Waals surface area contributed by atoms with Crippen LogP contribution in [0.4, 0.5) is 10.1 Å². The smallest absolute Gasteiger partial charge is 0.224 e. The second-order valence-electron chi connectivity index (χ2n) is 5.98. The number of ether oxygens (including phenoxy) is 1. The van der Waals surface area contributed by atoms with Crippen molar-refractivity contribution in [3.05, 3.63) is 95.8 Å². The molecule has 0 atom stereocenters. The molecule has 0 aliphatic carbocycles. The molecule has 3 rings (SSSR count). The molecule has 0 radical (unpaired) electrons. The van der Waals surface area contributed by atoms with Crippen LogP contribution in [0.15, 0.2) is 78.9 Å². The number of hydrogen-bond acceptors (Lipinski definition) is 2. The molecule has 26 heavy (non-hydrogen) atoms. The molecule has 1 N–H and O–H groups in total. The summed E-state index contributed by atoms with van der Waals surface area (Å²) in [5.41, 5.74) is 2.64. The Balaban J connectivity index is 1.46. The Kier molecular flexibility index (Phi) is 5.99. The summed E-state index contributed by atoms with van der Waals surface area (Å²) in [5, 5.41) is 2.70. The molecule has 3 aromatic carbocycles. The van der Waals surface area contributed by atoms with Crippen LogP contribution in [-0.4, -0.2) is 5.91 Å². The first-order valence-corrected chi connectivity index (χ1v) is 8.50. The van der Waals surface area contributed by atoms with Crippen LogP contribution in [0.2, 0.25) is 0 Å². The number of benzene rings is 3. The topological polar surface area (TPSA) is 38.3 Å².